The molecular weight excluding hydrogens is 332 g/mol. The summed E-state index contributed by atoms with van der Waals surface area (Å²) in [6, 6.07) is 11.8. The molecule has 0 aliphatic heterocycles. The molecule has 0 saturated heterocycles. The minimum Gasteiger partial charge on any atom is -0.495 e. The Hall–Kier alpha value is -3.17. The van der Waals surface area contributed by atoms with Crippen LogP contribution in [0, 0.1) is 21.4 Å². The Kier molecular flexibility index (Phi) is 5.30. The number of carbonyl (C=O) groups is 1. The van der Waals surface area contributed by atoms with Crippen molar-refractivity contribution in [1.29, 1.82) is 5.26 Å². The molecule has 120 valence electrons. The number of nitro benzene ring substituents is 1. The summed E-state index contributed by atoms with van der Waals surface area (Å²) in [7, 11) is 1.48. The van der Waals surface area contributed by atoms with Gasteiger partial charge in [-0.3, -0.25) is 14.9 Å². The molecule has 24 heavy (non-hydrogen) atoms. The van der Waals surface area contributed by atoms with E-state index in [0.29, 0.717) is 16.3 Å². The van der Waals surface area contributed by atoms with Crippen molar-refractivity contribution in [3.8, 4) is 11.8 Å². The Morgan fingerprint density at radius 2 is 2.08 bits per heavy atom. The average Bonchev–Trinajstić information content (AvgIpc) is 2.59. The molecule has 0 aromatic heterocycles. The van der Waals surface area contributed by atoms with Crippen LogP contribution in [-0.2, 0) is 0 Å². The molecule has 6 nitrogen and oxygen atoms in total. The summed E-state index contributed by atoms with van der Waals surface area (Å²) in [5.74, 6) is -0.134. The predicted octanol–water partition coefficient (Wildman–Crippen LogP) is 4.05. The van der Waals surface area contributed by atoms with Gasteiger partial charge in [-0.15, -0.1) is 0 Å². The number of nitro groups is 1. The number of non-ortho nitro benzene ring substituents is 1. The van der Waals surface area contributed by atoms with Crippen molar-refractivity contribution < 1.29 is 14.5 Å². The number of ether oxygens (including phenoxy) is 1. The van der Waals surface area contributed by atoms with Gasteiger partial charge in [0, 0.05) is 17.7 Å². The van der Waals surface area contributed by atoms with E-state index in [0.717, 1.165) is 6.07 Å². The zero-order valence-corrected chi connectivity index (χ0v) is 13.3. The van der Waals surface area contributed by atoms with E-state index >= 15 is 0 Å². The number of methoxy groups -OCH3 is 1. The molecular formula is C17H11ClN2O4. The number of ketones is 1. The number of nitriles is 1. The molecule has 0 bridgehead atoms. The Labute approximate surface area is 142 Å². The summed E-state index contributed by atoms with van der Waals surface area (Å²) in [6.07, 6.45) is 1.37. The van der Waals surface area contributed by atoms with Crippen LogP contribution >= 0.6 is 11.6 Å². The van der Waals surface area contributed by atoms with Crippen molar-refractivity contribution in [1.82, 2.24) is 0 Å². The highest BCUT2D eigenvalue weighted by atomic mass is 35.5. The van der Waals surface area contributed by atoms with E-state index in [1.54, 1.807) is 18.2 Å². The van der Waals surface area contributed by atoms with Crippen molar-refractivity contribution >= 4 is 29.1 Å². The fourth-order valence-electron chi connectivity index (χ4n) is 2.00. The minimum absolute atomic E-state index is 0.0663. The highest BCUT2D eigenvalue weighted by Gasteiger charge is 2.16. The number of carbonyl (C=O) groups excluding carboxylic acids is 1. The Morgan fingerprint density at radius 3 is 2.67 bits per heavy atom. The number of allylic oxidation sites excluding steroid dienone is 1. The number of rotatable bonds is 5. The molecule has 0 radical (unpaired) electrons. The number of halogens is 1. The molecule has 0 N–H and O–H groups in total. The van der Waals surface area contributed by atoms with Crippen LogP contribution in [0.5, 0.6) is 5.75 Å². The molecule has 0 aliphatic carbocycles. The van der Waals surface area contributed by atoms with Gasteiger partial charge in [-0.1, -0.05) is 29.8 Å². The van der Waals surface area contributed by atoms with E-state index < -0.39 is 10.7 Å². The second-order valence-electron chi connectivity index (χ2n) is 4.70. The van der Waals surface area contributed by atoms with Gasteiger partial charge < -0.3 is 4.74 Å². The van der Waals surface area contributed by atoms with Gasteiger partial charge in [-0.25, -0.2) is 0 Å². The monoisotopic (exact) mass is 342 g/mol. The largest absolute Gasteiger partial charge is 0.495 e. The number of benzene rings is 2. The molecule has 2 aromatic rings. The second kappa shape index (κ2) is 7.40. The number of nitrogens with zero attached hydrogens (tertiary/aromatic N) is 2. The van der Waals surface area contributed by atoms with Crippen LogP contribution in [-0.4, -0.2) is 17.8 Å². The summed E-state index contributed by atoms with van der Waals surface area (Å²) >= 11 is 6.01. The van der Waals surface area contributed by atoms with Crippen molar-refractivity contribution in [2.45, 2.75) is 0 Å². The maximum absolute atomic E-state index is 12.4. The van der Waals surface area contributed by atoms with Gasteiger partial charge in [0.05, 0.1) is 17.1 Å². The summed E-state index contributed by atoms with van der Waals surface area (Å²) in [4.78, 5) is 22.6. The lowest BCUT2D eigenvalue weighted by Gasteiger charge is -2.04. The molecule has 0 atom stereocenters. The van der Waals surface area contributed by atoms with Gasteiger partial charge >= 0.3 is 0 Å². The van der Waals surface area contributed by atoms with Crippen LogP contribution in [0.3, 0.4) is 0 Å². The van der Waals surface area contributed by atoms with Gasteiger partial charge in [0.15, 0.2) is 0 Å². The third-order valence-electron chi connectivity index (χ3n) is 3.17. The third-order valence-corrected chi connectivity index (χ3v) is 3.47. The minimum atomic E-state index is -0.604. The first-order valence-corrected chi connectivity index (χ1v) is 7.08. The lowest BCUT2D eigenvalue weighted by Crippen LogP contribution is -2.02. The average molecular weight is 343 g/mol. The number of hydrogen-bond donors (Lipinski definition) is 0. The fourth-order valence-corrected chi connectivity index (χ4v) is 2.27. The molecule has 0 spiro atoms. The lowest BCUT2D eigenvalue weighted by molar-refractivity contribution is -0.384. The van der Waals surface area contributed by atoms with Gasteiger partial charge in [0.2, 0.25) is 5.78 Å². The summed E-state index contributed by atoms with van der Waals surface area (Å²) in [5.41, 5.74) is 0.232. The van der Waals surface area contributed by atoms with E-state index in [1.807, 2.05) is 6.07 Å². The van der Waals surface area contributed by atoms with Crippen LogP contribution < -0.4 is 4.74 Å². The van der Waals surface area contributed by atoms with Crippen LogP contribution in [0.4, 0.5) is 5.69 Å². The van der Waals surface area contributed by atoms with E-state index in [1.165, 1.54) is 31.4 Å². The molecule has 7 heteroatoms. The van der Waals surface area contributed by atoms with E-state index in [4.69, 9.17) is 16.3 Å². The maximum Gasteiger partial charge on any atom is 0.270 e. The zero-order chi connectivity index (χ0) is 17.7. The molecule has 0 amide bonds. The van der Waals surface area contributed by atoms with Crippen LogP contribution in [0.15, 0.2) is 48.0 Å². The number of Topliss-reactive ketones (excluding diaryl/α,β-unsaturated/α-hetero) is 1. The summed E-state index contributed by atoms with van der Waals surface area (Å²) < 4.78 is 5.04. The molecule has 0 saturated carbocycles. The van der Waals surface area contributed by atoms with Gasteiger partial charge in [-0.05, 0) is 23.8 Å². The van der Waals surface area contributed by atoms with Gasteiger partial charge in [0.1, 0.15) is 17.4 Å². The van der Waals surface area contributed by atoms with Crippen LogP contribution in [0.25, 0.3) is 6.08 Å². The first kappa shape index (κ1) is 17.2. The van der Waals surface area contributed by atoms with Crippen LogP contribution in [0.2, 0.25) is 5.02 Å². The first-order valence-electron chi connectivity index (χ1n) is 6.70. The van der Waals surface area contributed by atoms with Gasteiger partial charge in [-0.2, -0.15) is 5.26 Å². The third kappa shape index (κ3) is 3.77. The molecule has 2 aromatic carbocycles. The van der Waals surface area contributed by atoms with Crippen molar-refractivity contribution in [2.75, 3.05) is 7.11 Å². The second-order valence-corrected chi connectivity index (χ2v) is 5.11. The Balaban J connectivity index is 2.39. The molecule has 0 unspecified atom stereocenters. The normalized spacial score (nSPS) is 10.8. The predicted molar refractivity (Wildman–Crippen MR) is 89.0 cm³/mol. The van der Waals surface area contributed by atoms with Crippen molar-refractivity contribution in [3.63, 3.8) is 0 Å². The number of hydrogen-bond acceptors (Lipinski definition) is 5. The maximum atomic E-state index is 12.4. The molecule has 0 fully saturated rings. The van der Waals surface area contributed by atoms with E-state index in [2.05, 4.69) is 0 Å². The molecule has 0 heterocycles. The first-order chi connectivity index (χ1) is 11.5. The summed E-state index contributed by atoms with van der Waals surface area (Å²) in [6.45, 7) is 0. The Bertz CT molecular complexity index is 884. The van der Waals surface area contributed by atoms with E-state index in [-0.39, 0.29) is 16.8 Å². The SMILES string of the molecule is COc1ccc(/C=C(/C#N)C(=O)c2cccc([N+](=O)[O-])c2)cc1Cl. The lowest BCUT2D eigenvalue weighted by atomic mass is 10.0. The fraction of sp³-hybridized carbons (Fsp3) is 0.0588. The van der Waals surface area contributed by atoms with Gasteiger partial charge in [0.25, 0.3) is 5.69 Å². The molecule has 2 rings (SSSR count). The Morgan fingerprint density at radius 1 is 1.33 bits per heavy atom. The quantitative estimate of drug-likeness (QED) is 0.269. The topological polar surface area (TPSA) is 93.2 Å². The smallest absolute Gasteiger partial charge is 0.270 e. The zero-order valence-electron chi connectivity index (χ0n) is 12.5. The summed E-state index contributed by atoms with van der Waals surface area (Å²) in [5, 5.41) is 20.4. The van der Waals surface area contributed by atoms with Crippen molar-refractivity contribution in [2.24, 2.45) is 0 Å². The van der Waals surface area contributed by atoms with Crippen molar-refractivity contribution in [3.05, 3.63) is 74.3 Å². The van der Waals surface area contributed by atoms with E-state index in [9.17, 15) is 20.2 Å². The standard InChI is InChI=1S/C17H11ClN2O4/c1-24-16-6-5-11(8-15(16)18)7-13(10-19)17(21)12-3-2-4-14(9-12)20(22)23/h2-9H,1H3/b13-7-. The highest BCUT2D eigenvalue weighted by Crippen LogP contribution is 2.26. The molecule has 0 aliphatic rings. The highest BCUT2D eigenvalue weighted by molar-refractivity contribution is 6.32. The van der Waals surface area contributed by atoms with Crippen LogP contribution in [0.1, 0.15) is 15.9 Å².